The monoisotopic (exact) mass is 305 g/mol. The van der Waals surface area contributed by atoms with Crippen LogP contribution < -0.4 is 11.2 Å². The van der Waals surface area contributed by atoms with Gasteiger partial charge < -0.3 is 15.0 Å². The van der Waals surface area contributed by atoms with Crippen LogP contribution in [0.2, 0.25) is 0 Å². The summed E-state index contributed by atoms with van der Waals surface area (Å²) in [5, 5.41) is 0. The van der Waals surface area contributed by atoms with Gasteiger partial charge in [-0.25, -0.2) is 0 Å². The number of fused-ring (bicyclic) bond motifs is 1. The maximum atomic E-state index is 11.4. The van der Waals surface area contributed by atoms with E-state index in [-0.39, 0.29) is 30.1 Å². The summed E-state index contributed by atoms with van der Waals surface area (Å²) in [4.78, 5) is 12.5. The molecule has 1 unspecified atom stereocenters. The summed E-state index contributed by atoms with van der Waals surface area (Å²) < 4.78 is 12.1. The van der Waals surface area contributed by atoms with Crippen molar-refractivity contribution < 1.29 is 14.1 Å². The first-order valence-corrected chi connectivity index (χ1v) is 8.11. The fourth-order valence-corrected chi connectivity index (χ4v) is 3.87. The van der Waals surface area contributed by atoms with E-state index >= 15 is 0 Å². The molecule has 4 nitrogen and oxygen atoms in total. The third-order valence-corrected chi connectivity index (χ3v) is 5.85. The number of nitrogens with two attached hydrogens (primary N) is 1. The van der Waals surface area contributed by atoms with Gasteiger partial charge in [0.05, 0.1) is 17.1 Å². The molecule has 1 amide bonds. The highest BCUT2D eigenvalue weighted by Crippen LogP contribution is 2.40. The zero-order valence-electron chi connectivity index (χ0n) is 12.8. The fourth-order valence-electron chi connectivity index (χ4n) is 2.59. The molecule has 1 atom stereocenters. The van der Waals surface area contributed by atoms with Gasteiger partial charge in [-0.05, 0) is 44.8 Å². The molecule has 2 heterocycles. The molecule has 112 valence electrons. The van der Waals surface area contributed by atoms with Crippen LogP contribution in [0.3, 0.4) is 0 Å². The molecule has 6 heteroatoms. The van der Waals surface area contributed by atoms with E-state index in [9.17, 15) is 4.79 Å². The Kier molecular flexibility index (Phi) is 3.39. The van der Waals surface area contributed by atoms with Crippen molar-refractivity contribution >= 4 is 30.3 Å². The highest BCUT2D eigenvalue weighted by atomic mass is 32.2. The van der Waals surface area contributed by atoms with E-state index in [0.717, 1.165) is 21.7 Å². The van der Waals surface area contributed by atoms with Crippen molar-refractivity contribution in [3.05, 3.63) is 23.8 Å². The summed E-state index contributed by atoms with van der Waals surface area (Å²) in [6.45, 7) is 8.16. The van der Waals surface area contributed by atoms with Crippen LogP contribution in [0.1, 0.15) is 39.2 Å². The molecule has 1 aromatic rings. The minimum Gasteiger partial charge on any atom is -0.399 e. The first-order valence-electron chi connectivity index (χ1n) is 7.13. The molecule has 2 aliphatic rings. The molecule has 3 rings (SSSR count). The van der Waals surface area contributed by atoms with E-state index in [2.05, 4.69) is 6.07 Å². The van der Waals surface area contributed by atoms with Crippen LogP contribution in [0.15, 0.2) is 23.1 Å². The Morgan fingerprint density at radius 2 is 1.90 bits per heavy atom. The van der Waals surface area contributed by atoms with E-state index in [1.165, 1.54) is 0 Å². The first kappa shape index (κ1) is 14.9. The number of carbonyl (C=O) groups is 1. The van der Waals surface area contributed by atoms with Crippen LogP contribution in [0.5, 0.6) is 0 Å². The lowest BCUT2D eigenvalue weighted by Crippen LogP contribution is -2.41. The number of hydrogen-bond donors (Lipinski definition) is 1. The van der Waals surface area contributed by atoms with E-state index in [1.807, 2.05) is 39.8 Å². The Hall–Kier alpha value is -0.975. The van der Waals surface area contributed by atoms with Crippen molar-refractivity contribution in [2.75, 3.05) is 5.75 Å². The van der Waals surface area contributed by atoms with E-state index in [1.54, 1.807) is 11.8 Å². The summed E-state index contributed by atoms with van der Waals surface area (Å²) in [7, 11) is -0.367. The molecule has 21 heavy (non-hydrogen) atoms. The van der Waals surface area contributed by atoms with Crippen molar-refractivity contribution in [2.45, 2.75) is 49.7 Å². The summed E-state index contributed by atoms with van der Waals surface area (Å²) in [6.07, 6.45) is 0. The second-order valence-electron chi connectivity index (χ2n) is 6.65. The smallest absolute Gasteiger partial charge is 0.399 e. The normalized spacial score (nSPS) is 25.9. The lowest BCUT2D eigenvalue weighted by molar-refractivity contribution is -0.118. The first-order chi connectivity index (χ1) is 9.71. The largest absolute Gasteiger partial charge is 0.494 e. The Balaban J connectivity index is 1.88. The van der Waals surface area contributed by atoms with Gasteiger partial charge in [0, 0.05) is 10.6 Å². The zero-order chi connectivity index (χ0) is 15.4. The van der Waals surface area contributed by atoms with Gasteiger partial charge in [0.15, 0.2) is 0 Å². The highest BCUT2D eigenvalue weighted by Gasteiger charge is 2.51. The van der Waals surface area contributed by atoms with Crippen molar-refractivity contribution in [1.29, 1.82) is 0 Å². The predicted octanol–water partition coefficient (Wildman–Crippen LogP) is 1.66. The molecular formula is C15H20BNO3S. The molecular weight excluding hydrogens is 285 g/mol. The Morgan fingerprint density at radius 1 is 1.29 bits per heavy atom. The zero-order valence-corrected chi connectivity index (χ0v) is 13.6. The second-order valence-corrected chi connectivity index (χ2v) is 7.71. The van der Waals surface area contributed by atoms with Gasteiger partial charge in [0.25, 0.3) is 0 Å². The third-order valence-electron chi connectivity index (χ3n) is 4.69. The van der Waals surface area contributed by atoms with Gasteiger partial charge in [0.2, 0.25) is 5.91 Å². The molecule has 0 radical (unpaired) electrons. The Morgan fingerprint density at radius 3 is 2.48 bits per heavy atom. The summed E-state index contributed by atoms with van der Waals surface area (Å²) in [5.41, 5.74) is 6.76. The number of thioether (sulfide) groups is 1. The van der Waals surface area contributed by atoms with Crippen LogP contribution in [0, 0.1) is 0 Å². The summed E-state index contributed by atoms with van der Waals surface area (Å²) in [5.74, 6) is 0.277. The van der Waals surface area contributed by atoms with E-state index in [4.69, 9.17) is 15.0 Å². The van der Waals surface area contributed by atoms with Crippen molar-refractivity contribution in [3.63, 3.8) is 0 Å². The van der Waals surface area contributed by atoms with Crippen LogP contribution in [0.4, 0.5) is 0 Å². The molecule has 2 N–H and O–H groups in total. The molecule has 0 spiro atoms. The SMILES string of the molecule is CC1(C)OB(c2ccc3c(c2)SCC3C(N)=O)OC1(C)C. The van der Waals surface area contributed by atoms with Crippen LogP contribution in [-0.2, 0) is 14.1 Å². The maximum absolute atomic E-state index is 11.4. The van der Waals surface area contributed by atoms with Gasteiger partial charge in [-0.1, -0.05) is 12.1 Å². The van der Waals surface area contributed by atoms with Crippen molar-refractivity contribution in [3.8, 4) is 0 Å². The molecule has 2 aliphatic heterocycles. The predicted molar refractivity (Wildman–Crippen MR) is 84.8 cm³/mol. The fraction of sp³-hybridized carbons (Fsp3) is 0.533. The average molecular weight is 305 g/mol. The number of amides is 1. The number of hydrogen-bond acceptors (Lipinski definition) is 4. The summed E-state index contributed by atoms with van der Waals surface area (Å²) in [6, 6.07) is 6.01. The molecule has 0 aromatic heterocycles. The topological polar surface area (TPSA) is 61.5 Å². The van der Waals surface area contributed by atoms with E-state index in [0.29, 0.717) is 0 Å². The standard InChI is InChI=1S/C15H20BNO3S/c1-14(2)15(3,4)20-16(19-14)9-5-6-10-11(13(17)18)8-21-12(10)7-9/h5-7,11H,8H2,1-4H3,(H2,17,18). The molecule has 0 bridgehead atoms. The second kappa shape index (κ2) is 4.76. The van der Waals surface area contributed by atoms with Crippen LogP contribution >= 0.6 is 11.8 Å². The third kappa shape index (κ3) is 2.39. The molecule has 1 aromatic carbocycles. The lowest BCUT2D eigenvalue weighted by Gasteiger charge is -2.32. The van der Waals surface area contributed by atoms with Gasteiger partial charge >= 0.3 is 7.12 Å². The molecule has 0 saturated carbocycles. The van der Waals surface area contributed by atoms with Crippen LogP contribution in [-0.4, -0.2) is 30.0 Å². The van der Waals surface area contributed by atoms with Crippen LogP contribution in [0.25, 0.3) is 0 Å². The minimum atomic E-state index is -0.367. The molecule has 1 saturated heterocycles. The van der Waals surface area contributed by atoms with Gasteiger partial charge in [-0.2, -0.15) is 0 Å². The number of rotatable bonds is 2. The van der Waals surface area contributed by atoms with Gasteiger partial charge in [-0.3, -0.25) is 4.79 Å². The average Bonchev–Trinajstić information content (AvgIpc) is 2.87. The number of carbonyl (C=O) groups excluding carboxylic acids is 1. The number of benzene rings is 1. The maximum Gasteiger partial charge on any atom is 0.494 e. The quantitative estimate of drug-likeness (QED) is 0.844. The van der Waals surface area contributed by atoms with E-state index < -0.39 is 0 Å². The number of primary amides is 1. The van der Waals surface area contributed by atoms with Gasteiger partial charge in [0.1, 0.15) is 0 Å². The lowest BCUT2D eigenvalue weighted by atomic mass is 9.78. The Bertz CT molecular complexity index is 587. The van der Waals surface area contributed by atoms with Gasteiger partial charge in [-0.15, -0.1) is 11.8 Å². The summed E-state index contributed by atoms with van der Waals surface area (Å²) >= 11 is 1.67. The minimum absolute atomic E-state index is 0.183. The Labute approximate surface area is 129 Å². The highest BCUT2D eigenvalue weighted by molar-refractivity contribution is 7.99. The molecule has 0 aliphatic carbocycles. The molecule has 1 fully saturated rings. The van der Waals surface area contributed by atoms with Crippen molar-refractivity contribution in [1.82, 2.24) is 0 Å². The van der Waals surface area contributed by atoms with Crippen molar-refractivity contribution in [2.24, 2.45) is 5.73 Å².